The van der Waals surface area contributed by atoms with Gasteiger partial charge in [-0.25, -0.2) is 9.78 Å². The van der Waals surface area contributed by atoms with E-state index >= 15 is 0 Å². The maximum Gasteiger partial charge on any atom is 0.332 e. The molecule has 37 heavy (non-hydrogen) atoms. The molecule has 2 N–H and O–H groups in total. The van der Waals surface area contributed by atoms with E-state index in [1.54, 1.807) is 22.8 Å². The first-order chi connectivity index (χ1) is 17.6. The topological polar surface area (TPSA) is 122 Å². The van der Waals surface area contributed by atoms with E-state index in [0.29, 0.717) is 21.1 Å². The Kier molecular flexibility index (Phi) is 6.45. The lowest BCUT2D eigenvalue weighted by Crippen LogP contribution is -2.42. The third kappa shape index (κ3) is 4.15. The highest BCUT2D eigenvalue weighted by atomic mass is 32.2. The minimum Gasteiger partial charge on any atom is -0.384 e. The second kappa shape index (κ2) is 9.46. The van der Waals surface area contributed by atoms with Gasteiger partial charge in [-0.05, 0) is 62.8 Å². The van der Waals surface area contributed by atoms with Gasteiger partial charge < -0.3 is 5.73 Å². The van der Waals surface area contributed by atoms with Crippen molar-refractivity contribution in [2.45, 2.75) is 49.9 Å². The standard InChI is InChI=1S/C26H27N5O4S2/c1-13-8-7-9-15(12-13)31-24(34)18-16-10-5-6-11-17(16)37-22(18)28-25(31)36-14(2)20(32)19-21(27)29(3)26(35)30(4)23(19)33/h7-9,12,14H,5-6,10-11,27H2,1-4H3. The van der Waals surface area contributed by atoms with Crippen molar-refractivity contribution in [3.05, 3.63) is 77.0 Å². The summed E-state index contributed by atoms with van der Waals surface area (Å²) in [5.41, 5.74) is 7.00. The number of anilines is 1. The van der Waals surface area contributed by atoms with Gasteiger partial charge >= 0.3 is 5.69 Å². The van der Waals surface area contributed by atoms with E-state index in [1.165, 1.54) is 19.0 Å². The lowest BCUT2D eigenvalue weighted by molar-refractivity contribution is 0.0992. The molecule has 0 fully saturated rings. The molecule has 1 aliphatic rings. The number of carbonyl (C=O) groups excluding carboxylic acids is 1. The van der Waals surface area contributed by atoms with Gasteiger partial charge in [0.05, 0.1) is 16.3 Å². The second-order valence-corrected chi connectivity index (χ2v) is 11.7. The lowest BCUT2D eigenvalue weighted by atomic mass is 9.97. The number of nitrogen functional groups attached to an aromatic ring is 1. The van der Waals surface area contributed by atoms with Crippen LogP contribution in [-0.4, -0.2) is 29.7 Å². The van der Waals surface area contributed by atoms with Gasteiger partial charge in [-0.15, -0.1) is 11.3 Å². The number of nitrogens with two attached hydrogens (primary N) is 1. The highest BCUT2D eigenvalue weighted by Gasteiger charge is 2.28. The minimum absolute atomic E-state index is 0.158. The fourth-order valence-corrected chi connectivity index (χ4v) is 7.05. The van der Waals surface area contributed by atoms with Gasteiger partial charge in [0.25, 0.3) is 11.1 Å². The molecule has 5 rings (SSSR count). The van der Waals surface area contributed by atoms with E-state index in [4.69, 9.17) is 10.7 Å². The van der Waals surface area contributed by atoms with Gasteiger partial charge in [0, 0.05) is 19.0 Å². The van der Waals surface area contributed by atoms with Crippen LogP contribution < -0.4 is 22.5 Å². The maximum absolute atomic E-state index is 14.0. The van der Waals surface area contributed by atoms with Gasteiger partial charge in [-0.3, -0.25) is 28.1 Å². The van der Waals surface area contributed by atoms with E-state index in [9.17, 15) is 19.2 Å². The third-order valence-corrected chi connectivity index (χ3v) is 9.06. The molecule has 11 heteroatoms. The zero-order valence-corrected chi connectivity index (χ0v) is 22.7. The Hall–Kier alpha value is -3.44. The summed E-state index contributed by atoms with van der Waals surface area (Å²) in [4.78, 5) is 59.2. The van der Waals surface area contributed by atoms with Crippen molar-refractivity contribution < 1.29 is 4.79 Å². The summed E-state index contributed by atoms with van der Waals surface area (Å²) in [5, 5.41) is 0.214. The first-order valence-corrected chi connectivity index (χ1v) is 13.7. The van der Waals surface area contributed by atoms with E-state index in [2.05, 4.69) is 0 Å². The van der Waals surface area contributed by atoms with E-state index in [0.717, 1.165) is 57.7 Å². The number of hydrogen-bond donors (Lipinski definition) is 1. The van der Waals surface area contributed by atoms with Crippen LogP contribution in [0.3, 0.4) is 0 Å². The fourth-order valence-electron chi connectivity index (χ4n) is 4.77. The Morgan fingerprint density at radius 1 is 1.11 bits per heavy atom. The van der Waals surface area contributed by atoms with Crippen molar-refractivity contribution >= 4 is 44.9 Å². The van der Waals surface area contributed by atoms with Crippen molar-refractivity contribution in [3.8, 4) is 5.69 Å². The molecule has 0 aliphatic heterocycles. The summed E-state index contributed by atoms with van der Waals surface area (Å²) in [7, 11) is 2.72. The number of thiophene rings is 1. The predicted octanol–water partition coefficient (Wildman–Crippen LogP) is 2.98. The van der Waals surface area contributed by atoms with Crippen molar-refractivity contribution in [1.29, 1.82) is 0 Å². The molecule has 4 aromatic rings. The first-order valence-electron chi connectivity index (χ1n) is 12.0. The Morgan fingerprint density at radius 2 is 1.84 bits per heavy atom. The van der Waals surface area contributed by atoms with Crippen molar-refractivity contribution in [3.63, 3.8) is 0 Å². The molecular weight excluding hydrogens is 510 g/mol. The van der Waals surface area contributed by atoms with Crippen molar-refractivity contribution in [2.75, 3.05) is 5.73 Å². The van der Waals surface area contributed by atoms with Crippen LogP contribution >= 0.6 is 23.1 Å². The number of carbonyl (C=O) groups is 1. The quantitative estimate of drug-likeness (QED) is 0.236. The maximum atomic E-state index is 14.0. The summed E-state index contributed by atoms with van der Waals surface area (Å²) < 4.78 is 3.51. The second-order valence-electron chi connectivity index (χ2n) is 9.36. The van der Waals surface area contributed by atoms with Crippen molar-refractivity contribution in [2.24, 2.45) is 14.1 Å². The molecule has 0 spiro atoms. The molecule has 0 saturated carbocycles. The van der Waals surface area contributed by atoms with Crippen LogP contribution in [0.2, 0.25) is 0 Å². The average Bonchev–Trinajstić information content (AvgIpc) is 3.25. The summed E-state index contributed by atoms with van der Waals surface area (Å²) in [6.07, 6.45) is 3.93. The van der Waals surface area contributed by atoms with Crippen LogP contribution in [0.15, 0.2) is 43.8 Å². The summed E-state index contributed by atoms with van der Waals surface area (Å²) in [5.74, 6) is -0.717. The Balaban J connectivity index is 1.67. The Labute approximate surface area is 220 Å². The molecule has 1 atom stereocenters. The minimum atomic E-state index is -0.803. The monoisotopic (exact) mass is 537 g/mol. The molecule has 0 radical (unpaired) electrons. The van der Waals surface area contributed by atoms with Gasteiger partial charge in [0.1, 0.15) is 16.2 Å². The highest BCUT2D eigenvalue weighted by Crippen LogP contribution is 2.36. The number of rotatable bonds is 5. The predicted molar refractivity (Wildman–Crippen MR) is 148 cm³/mol. The molecule has 3 heterocycles. The zero-order chi connectivity index (χ0) is 26.6. The number of ketones is 1. The molecule has 9 nitrogen and oxygen atoms in total. The normalized spacial score (nSPS) is 14.1. The molecule has 0 saturated heterocycles. The van der Waals surface area contributed by atoms with Gasteiger partial charge in [0.15, 0.2) is 10.9 Å². The van der Waals surface area contributed by atoms with Crippen LogP contribution in [0.5, 0.6) is 0 Å². The summed E-state index contributed by atoms with van der Waals surface area (Å²) >= 11 is 2.64. The SMILES string of the molecule is Cc1cccc(-n2c(SC(C)C(=O)c3c(N)n(C)c(=O)n(C)c3=O)nc3sc4c(c3c2=O)CCCC4)c1. The lowest BCUT2D eigenvalue weighted by Gasteiger charge is -2.17. The van der Waals surface area contributed by atoms with Gasteiger partial charge in [-0.2, -0.15) is 0 Å². The number of aryl methyl sites for hydroxylation is 3. The average molecular weight is 538 g/mol. The molecule has 1 aromatic carbocycles. The Morgan fingerprint density at radius 3 is 2.57 bits per heavy atom. The molecule has 0 bridgehead atoms. The van der Waals surface area contributed by atoms with Crippen LogP contribution in [0.1, 0.15) is 46.1 Å². The summed E-state index contributed by atoms with van der Waals surface area (Å²) in [6.45, 7) is 3.59. The van der Waals surface area contributed by atoms with Crippen LogP contribution in [0.25, 0.3) is 15.9 Å². The van der Waals surface area contributed by atoms with Crippen LogP contribution in [0, 0.1) is 6.92 Å². The van der Waals surface area contributed by atoms with E-state index < -0.39 is 22.3 Å². The molecule has 1 aliphatic carbocycles. The number of thioether (sulfide) groups is 1. The fraction of sp³-hybridized carbons (Fsp3) is 0.346. The van der Waals surface area contributed by atoms with E-state index in [1.807, 2.05) is 31.2 Å². The number of aromatic nitrogens is 4. The smallest absolute Gasteiger partial charge is 0.332 e. The third-order valence-electron chi connectivity index (χ3n) is 6.83. The number of fused-ring (bicyclic) bond motifs is 3. The van der Waals surface area contributed by atoms with Crippen molar-refractivity contribution in [1.82, 2.24) is 18.7 Å². The Bertz CT molecular complexity index is 1760. The first kappa shape index (κ1) is 25.2. The van der Waals surface area contributed by atoms with Crippen LogP contribution in [-0.2, 0) is 26.9 Å². The highest BCUT2D eigenvalue weighted by molar-refractivity contribution is 8.00. The number of Topliss-reactive ketones (excluding diaryl/α,β-unsaturated/α-hetero) is 1. The number of benzene rings is 1. The number of nitrogens with zero attached hydrogens (tertiary/aromatic N) is 4. The van der Waals surface area contributed by atoms with Crippen LogP contribution in [0.4, 0.5) is 5.82 Å². The molecule has 3 aromatic heterocycles. The summed E-state index contributed by atoms with van der Waals surface area (Å²) in [6, 6.07) is 7.58. The molecule has 1 unspecified atom stereocenters. The van der Waals surface area contributed by atoms with E-state index in [-0.39, 0.29) is 16.9 Å². The molecular formula is C26H27N5O4S2. The van der Waals surface area contributed by atoms with Gasteiger partial charge in [-0.1, -0.05) is 23.9 Å². The molecule has 0 amide bonds. The van der Waals surface area contributed by atoms with Gasteiger partial charge in [0.2, 0.25) is 0 Å². The largest absolute Gasteiger partial charge is 0.384 e. The number of hydrogen-bond acceptors (Lipinski definition) is 8. The molecule has 192 valence electrons. The zero-order valence-electron chi connectivity index (χ0n) is 21.0.